The van der Waals surface area contributed by atoms with Gasteiger partial charge in [0.05, 0.1) is 13.2 Å². The van der Waals surface area contributed by atoms with E-state index >= 15 is 0 Å². The first-order chi connectivity index (χ1) is 10.3. The molecule has 1 atom stereocenters. The van der Waals surface area contributed by atoms with Crippen molar-refractivity contribution in [1.29, 1.82) is 0 Å². The van der Waals surface area contributed by atoms with Crippen molar-refractivity contribution in [2.45, 2.75) is 19.8 Å². The molecular formula is C17H28BrNO2. The maximum absolute atomic E-state index is 5.50. The standard InChI is InChI=1S/C17H28BrNO2/c1-3-20-12-10-19(11-13-21-4-2)15-17(14-18)16-8-6-5-7-9-16/h5-9,17H,3-4,10-15H2,1-2H3. The predicted molar refractivity (Wildman–Crippen MR) is 92.4 cm³/mol. The van der Waals surface area contributed by atoms with Gasteiger partial charge in [-0.15, -0.1) is 0 Å². The molecule has 3 nitrogen and oxygen atoms in total. The Morgan fingerprint density at radius 1 is 1.00 bits per heavy atom. The van der Waals surface area contributed by atoms with Crippen LogP contribution in [0.1, 0.15) is 25.3 Å². The number of nitrogens with zero attached hydrogens (tertiary/aromatic N) is 1. The first kappa shape index (κ1) is 18.6. The minimum absolute atomic E-state index is 0.495. The van der Waals surface area contributed by atoms with Gasteiger partial charge >= 0.3 is 0 Å². The number of ether oxygens (including phenoxy) is 2. The maximum Gasteiger partial charge on any atom is 0.0593 e. The molecule has 21 heavy (non-hydrogen) atoms. The third-order valence-corrected chi connectivity index (χ3v) is 4.23. The zero-order chi connectivity index (χ0) is 15.3. The minimum Gasteiger partial charge on any atom is -0.380 e. The molecule has 1 rings (SSSR count). The monoisotopic (exact) mass is 357 g/mol. The predicted octanol–water partition coefficient (Wildman–Crippen LogP) is 3.54. The van der Waals surface area contributed by atoms with Crippen molar-refractivity contribution in [3.8, 4) is 0 Å². The van der Waals surface area contributed by atoms with Crippen molar-refractivity contribution >= 4 is 15.9 Å². The van der Waals surface area contributed by atoms with Gasteiger partial charge in [0.25, 0.3) is 0 Å². The van der Waals surface area contributed by atoms with Crippen LogP contribution in [0.25, 0.3) is 0 Å². The molecule has 0 aliphatic carbocycles. The molecule has 0 bridgehead atoms. The summed E-state index contributed by atoms with van der Waals surface area (Å²) in [5, 5.41) is 0.969. The number of alkyl halides is 1. The quantitative estimate of drug-likeness (QED) is 0.421. The van der Waals surface area contributed by atoms with E-state index in [1.807, 2.05) is 13.8 Å². The molecule has 0 saturated heterocycles. The summed E-state index contributed by atoms with van der Waals surface area (Å²) in [7, 11) is 0. The summed E-state index contributed by atoms with van der Waals surface area (Å²) in [5.41, 5.74) is 1.38. The van der Waals surface area contributed by atoms with E-state index in [9.17, 15) is 0 Å². The highest BCUT2D eigenvalue weighted by atomic mass is 79.9. The zero-order valence-electron chi connectivity index (χ0n) is 13.3. The van der Waals surface area contributed by atoms with Crippen molar-refractivity contribution in [3.63, 3.8) is 0 Å². The Hall–Kier alpha value is -0.420. The number of hydrogen-bond donors (Lipinski definition) is 0. The van der Waals surface area contributed by atoms with E-state index in [4.69, 9.17) is 9.47 Å². The first-order valence-electron chi connectivity index (χ1n) is 7.80. The number of hydrogen-bond acceptors (Lipinski definition) is 3. The molecule has 0 fully saturated rings. The fraction of sp³-hybridized carbons (Fsp3) is 0.647. The van der Waals surface area contributed by atoms with Gasteiger partial charge in [0.2, 0.25) is 0 Å². The average Bonchev–Trinajstić information content (AvgIpc) is 2.53. The molecule has 0 aliphatic heterocycles. The molecule has 4 heteroatoms. The summed E-state index contributed by atoms with van der Waals surface area (Å²) in [6, 6.07) is 10.7. The highest BCUT2D eigenvalue weighted by Gasteiger charge is 2.15. The van der Waals surface area contributed by atoms with Gasteiger partial charge in [0.15, 0.2) is 0 Å². The molecule has 0 N–H and O–H groups in total. The highest BCUT2D eigenvalue weighted by Crippen LogP contribution is 2.19. The van der Waals surface area contributed by atoms with Crippen molar-refractivity contribution in [1.82, 2.24) is 4.90 Å². The van der Waals surface area contributed by atoms with Crippen molar-refractivity contribution in [3.05, 3.63) is 35.9 Å². The van der Waals surface area contributed by atoms with Crippen LogP contribution < -0.4 is 0 Å². The van der Waals surface area contributed by atoms with E-state index in [2.05, 4.69) is 51.2 Å². The summed E-state index contributed by atoms with van der Waals surface area (Å²) < 4.78 is 11.0. The molecule has 0 aromatic heterocycles. The summed E-state index contributed by atoms with van der Waals surface area (Å²) in [4.78, 5) is 2.43. The zero-order valence-corrected chi connectivity index (χ0v) is 14.8. The molecule has 0 heterocycles. The van der Waals surface area contributed by atoms with Gasteiger partial charge in [-0.3, -0.25) is 4.90 Å². The van der Waals surface area contributed by atoms with E-state index in [1.54, 1.807) is 0 Å². The molecular weight excluding hydrogens is 330 g/mol. The normalized spacial score (nSPS) is 12.8. The largest absolute Gasteiger partial charge is 0.380 e. The van der Waals surface area contributed by atoms with Crippen molar-refractivity contribution < 1.29 is 9.47 Å². The van der Waals surface area contributed by atoms with Gasteiger partial charge in [0.1, 0.15) is 0 Å². The van der Waals surface area contributed by atoms with Gasteiger partial charge in [-0.25, -0.2) is 0 Å². The third kappa shape index (κ3) is 7.96. The van der Waals surface area contributed by atoms with Gasteiger partial charge < -0.3 is 9.47 Å². The second kappa shape index (κ2) is 12.2. The Kier molecular flexibility index (Phi) is 10.8. The second-order valence-corrected chi connectivity index (χ2v) is 5.60. The SMILES string of the molecule is CCOCCN(CCOCC)CC(CBr)c1ccccc1. The molecule has 0 saturated carbocycles. The number of halogens is 1. The van der Waals surface area contributed by atoms with Gasteiger partial charge in [-0.1, -0.05) is 46.3 Å². The molecule has 0 spiro atoms. The van der Waals surface area contributed by atoms with Crippen molar-refractivity contribution in [2.24, 2.45) is 0 Å². The Morgan fingerprint density at radius 2 is 1.57 bits per heavy atom. The van der Waals surface area contributed by atoms with Gasteiger partial charge in [-0.05, 0) is 19.4 Å². The van der Waals surface area contributed by atoms with Crippen LogP contribution in [0.5, 0.6) is 0 Å². The highest BCUT2D eigenvalue weighted by molar-refractivity contribution is 9.09. The van der Waals surface area contributed by atoms with Crippen LogP contribution in [0.4, 0.5) is 0 Å². The summed E-state index contributed by atoms with van der Waals surface area (Å²) >= 11 is 3.66. The topological polar surface area (TPSA) is 21.7 Å². The first-order valence-corrected chi connectivity index (χ1v) is 8.92. The second-order valence-electron chi connectivity index (χ2n) is 4.96. The lowest BCUT2D eigenvalue weighted by Crippen LogP contribution is -2.35. The molecule has 0 aliphatic rings. The number of benzene rings is 1. The summed E-state index contributed by atoms with van der Waals surface area (Å²) in [5.74, 6) is 0.495. The Labute approximate surface area is 137 Å². The summed E-state index contributed by atoms with van der Waals surface area (Å²) in [6.07, 6.45) is 0. The van der Waals surface area contributed by atoms with Crippen LogP contribution >= 0.6 is 15.9 Å². The minimum atomic E-state index is 0.495. The lowest BCUT2D eigenvalue weighted by molar-refractivity contribution is 0.0809. The van der Waals surface area contributed by atoms with Crippen LogP contribution in [0.2, 0.25) is 0 Å². The maximum atomic E-state index is 5.50. The summed E-state index contributed by atoms with van der Waals surface area (Å²) in [6.45, 7) is 10.1. The van der Waals surface area contributed by atoms with Crippen molar-refractivity contribution in [2.75, 3.05) is 51.4 Å². The molecule has 1 aromatic carbocycles. The Balaban J connectivity index is 2.54. The van der Waals surface area contributed by atoms with Gasteiger partial charge in [-0.2, -0.15) is 0 Å². The fourth-order valence-corrected chi connectivity index (χ4v) is 2.83. The molecule has 0 amide bonds. The molecule has 120 valence electrons. The fourth-order valence-electron chi connectivity index (χ4n) is 2.25. The van der Waals surface area contributed by atoms with E-state index in [0.717, 1.165) is 51.4 Å². The number of rotatable bonds is 12. The Bertz CT molecular complexity index is 338. The molecule has 1 unspecified atom stereocenters. The van der Waals surface area contributed by atoms with E-state index in [1.165, 1.54) is 5.56 Å². The Morgan fingerprint density at radius 3 is 2.05 bits per heavy atom. The lowest BCUT2D eigenvalue weighted by Gasteiger charge is -2.26. The van der Waals surface area contributed by atoms with Crippen LogP contribution in [0.3, 0.4) is 0 Å². The van der Waals surface area contributed by atoms with E-state index < -0.39 is 0 Å². The molecule has 0 radical (unpaired) electrons. The van der Waals surface area contributed by atoms with Crippen LogP contribution in [0.15, 0.2) is 30.3 Å². The van der Waals surface area contributed by atoms with E-state index in [-0.39, 0.29) is 0 Å². The van der Waals surface area contributed by atoms with Crippen LogP contribution in [0, 0.1) is 0 Å². The van der Waals surface area contributed by atoms with Crippen LogP contribution in [-0.2, 0) is 9.47 Å². The third-order valence-electron chi connectivity index (χ3n) is 3.45. The smallest absolute Gasteiger partial charge is 0.0593 e. The lowest BCUT2D eigenvalue weighted by atomic mass is 10.0. The van der Waals surface area contributed by atoms with E-state index in [0.29, 0.717) is 5.92 Å². The molecule has 1 aromatic rings. The van der Waals surface area contributed by atoms with Crippen LogP contribution in [-0.4, -0.2) is 56.3 Å². The van der Waals surface area contributed by atoms with Gasteiger partial charge in [0, 0.05) is 44.1 Å². The average molecular weight is 358 g/mol.